The predicted molar refractivity (Wildman–Crippen MR) is 150 cm³/mol. The number of rotatable bonds is 8. The molecule has 0 aliphatic rings. The first kappa shape index (κ1) is 26.1. The van der Waals surface area contributed by atoms with Gasteiger partial charge in [0.25, 0.3) is 0 Å². The van der Waals surface area contributed by atoms with Crippen LogP contribution in [0.3, 0.4) is 0 Å². The van der Waals surface area contributed by atoms with E-state index in [1.54, 1.807) is 6.07 Å². The number of benzene rings is 3. The second-order valence-corrected chi connectivity index (χ2v) is 9.58. The van der Waals surface area contributed by atoms with Crippen molar-refractivity contribution in [3.63, 3.8) is 0 Å². The van der Waals surface area contributed by atoms with E-state index in [2.05, 4.69) is 33.9 Å². The van der Waals surface area contributed by atoms with Crippen LogP contribution in [0.1, 0.15) is 22.4 Å². The Bertz CT molecular complexity index is 1540. The molecular weight excluding hydrogens is 517 g/mol. The molecule has 5 rings (SSSR count). The summed E-state index contributed by atoms with van der Waals surface area (Å²) in [4.78, 5) is 15.4. The highest BCUT2D eigenvalue weighted by Gasteiger charge is 2.21. The van der Waals surface area contributed by atoms with Crippen molar-refractivity contribution in [2.45, 2.75) is 32.5 Å². The molecule has 8 heteroatoms. The molecule has 36 heavy (non-hydrogen) atoms. The number of aromatic nitrogens is 2. The van der Waals surface area contributed by atoms with Crippen LogP contribution < -0.4 is 5.32 Å². The van der Waals surface area contributed by atoms with Gasteiger partial charge in [0.15, 0.2) is 0 Å². The Labute approximate surface area is 225 Å². The Kier molecular flexibility index (Phi) is 7.96. The number of carbonyl (C=O) groups is 1. The van der Waals surface area contributed by atoms with Crippen LogP contribution in [0, 0.1) is 6.92 Å². The van der Waals surface area contributed by atoms with Gasteiger partial charge in [0.05, 0.1) is 0 Å². The molecule has 5 aromatic rings. The molecule has 1 unspecified atom stereocenters. The van der Waals surface area contributed by atoms with E-state index in [0.29, 0.717) is 29.6 Å². The highest BCUT2D eigenvalue weighted by Crippen LogP contribution is 2.29. The topological polar surface area (TPSA) is 70.1 Å². The molecule has 3 aromatic carbocycles. The third-order valence-electron chi connectivity index (χ3n) is 6.63. The summed E-state index contributed by atoms with van der Waals surface area (Å²) in [5.74, 6) is -0.871. The Morgan fingerprint density at radius 3 is 2.50 bits per heavy atom. The quantitative estimate of drug-likeness (QED) is 0.198. The number of hydrogen-bond acceptors (Lipinski definition) is 2. The zero-order chi connectivity index (χ0) is 24.5. The lowest BCUT2D eigenvalue weighted by molar-refractivity contribution is -0.139. The zero-order valence-corrected chi connectivity index (χ0v) is 21.9. The van der Waals surface area contributed by atoms with Gasteiger partial charge in [0.2, 0.25) is 0 Å². The van der Waals surface area contributed by atoms with Gasteiger partial charge in [0, 0.05) is 63.3 Å². The van der Waals surface area contributed by atoms with Crippen molar-refractivity contribution in [3.05, 3.63) is 105 Å². The normalized spacial score (nSPS) is 12.1. The van der Waals surface area contributed by atoms with E-state index in [0.717, 1.165) is 44.2 Å². The number of hydrogen-bond donors (Lipinski definition) is 3. The van der Waals surface area contributed by atoms with Crippen molar-refractivity contribution in [3.8, 4) is 0 Å². The molecule has 0 aliphatic heterocycles. The maximum atomic E-state index is 12.1. The van der Waals surface area contributed by atoms with Crippen molar-refractivity contribution < 1.29 is 9.90 Å². The van der Waals surface area contributed by atoms with Gasteiger partial charge in [-0.1, -0.05) is 65.7 Å². The fourth-order valence-electron chi connectivity index (χ4n) is 4.74. The van der Waals surface area contributed by atoms with Gasteiger partial charge < -0.3 is 14.7 Å². The number of aromatic amines is 1. The average Bonchev–Trinajstić information content (AvgIpc) is 3.37. The van der Waals surface area contributed by atoms with Crippen LogP contribution in [0.2, 0.25) is 10.0 Å². The first-order valence-corrected chi connectivity index (χ1v) is 12.2. The highest BCUT2D eigenvalue weighted by atomic mass is 35.5. The van der Waals surface area contributed by atoms with Crippen molar-refractivity contribution in [2.75, 3.05) is 0 Å². The lowest BCUT2D eigenvalue weighted by Gasteiger charge is -2.15. The van der Waals surface area contributed by atoms with E-state index < -0.39 is 12.0 Å². The van der Waals surface area contributed by atoms with Gasteiger partial charge >= 0.3 is 5.97 Å². The number of carboxylic acids is 1. The van der Waals surface area contributed by atoms with E-state index in [4.69, 9.17) is 23.2 Å². The van der Waals surface area contributed by atoms with Gasteiger partial charge in [-0.2, -0.15) is 0 Å². The molecule has 1 atom stereocenters. The third kappa shape index (κ3) is 5.11. The number of para-hydroxylation sites is 2. The van der Waals surface area contributed by atoms with E-state index >= 15 is 0 Å². The summed E-state index contributed by atoms with van der Waals surface area (Å²) in [6, 6.07) is 20.9. The third-order valence-corrected chi connectivity index (χ3v) is 7.21. The van der Waals surface area contributed by atoms with Gasteiger partial charge in [-0.3, -0.25) is 10.1 Å². The number of fused-ring (bicyclic) bond motifs is 2. The molecule has 2 heterocycles. The van der Waals surface area contributed by atoms with Crippen molar-refractivity contribution in [1.29, 1.82) is 0 Å². The fraction of sp³-hybridized carbons (Fsp3) is 0.179. The molecule has 0 saturated heterocycles. The van der Waals surface area contributed by atoms with E-state index in [-0.39, 0.29) is 12.4 Å². The summed E-state index contributed by atoms with van der Waals surface area (Å²) >= 11 is 12.5. The van der Waals surface area contributed by atoms with Crippen LogP contribution >= 0.6 is 35.6 Å². The van der Waals surface area contributed by atoms with Crippen molar-refractivity contribution in [2.24, 2.45) is 0 Å². The largest absolute Gasteiger partial charge is 0.480 e. The monoisotopic (exact) mass is 541 g/mol. The SMILES string of the molecule is Cc1c(CNC(Cc2c[nH]c3ccccc23)C(=O)O)c2ccccc2n1Cc1ccc(Cl)cc1Cl.Cl. The highest BCUT2D eigenvalue weighted by molar-refractivity contribution is 6.35. The predicted octanol–water partition coefficient (Wildman–Crippen LogP) is 6.99. The Morgan fingerprint density at radius 2 is 1.75 bits per heavy atom. The zero-order valence-electron chi connectivity index (χ0n) is 19.6. The molecule has 0 radical (unpaired) electrons. The number of H-pyrrole nitrogens is 1. The summed E-state index contributed by atoms with van der Waals surface area (Å²) < 4.78 is 2.22. The van der Waals surface area contributed by atoms with Crippen molar-refractivity contribution >= 4 is 63.4 Å². The van der Waals surface area contributed by atoms with E-state index in [1.807, 2.05) is 54.7 Å². The molecular formula is C28H26Cl3N3O2. The van der Waals surface area contributed by atoms with Crippen LogP contribution in [-0.2, 0) is 24.3 Å². The van der Waals surface area contributed by atoms with Crippen LogP contribution in [0.5, 0.6) is 0 Å². The fourth-order valence-corrected chi connectivity index (χ4v) is 5.21. The minimum atomic E-state index is -0.871. The summed E-state index contributed by atoms with van der Waals surface area (Å²) in [5, 5.41) is 16.6. The minimum Gasteiger partial charge on any atom is -0.480 e. The first-order chi connectivity index (χ1) is 16.9. The molecule has 0 fully saturated rings. The molecule has 2 aromatic heterocycles. The lowest BCUT2D eigenvalue weighted by atomic mass is 10.0. The Hall–Kier alpha value is -2.96. The van der Waals surface area contributed by atoms with E-state index in [1.165, 1.54) is 0 Å². The van der Waals surface area contributed by atoms with Gasteiger partial charge in [0.1, 0.15) is 6.04 Å². The second kappa shape index (κ2) is 11.0. The molecule has 0 bridgehead atoms. The number of nitrogens with zero attached hydrogens (tertiary/aromatic N) is 1. The lowest BCUT2D eigenvalue weighted by Crippen LogP contribution is -2.38. The minimum absolute atomic E-state index is 0. The number of aliphatic carboxylic acids is 1. The molecule has 0 spiro atoms. The standard InChI is InChI=1S/C28H25Cl2N3O2.ClH/c1-17-23(15-32-26(28(34)35)12-19-14-31-25-8-4-2-6-21(19)25)22-7-3-5-9-27(22)33(17)16-18-10-11-20(29)13-24(18)30;/h2-11,13-14,26,31-32H,12,15-16H2,1H3,(H,34,35);1H. The molecule has 186 valence electrons. The number of carboxylic acid groups (broad SMARTS) is 1. The average molecular weight is 543 g/mol. The maximum absolute atomic E-state index is 12.1. The van der Waals surface area contributed by atoms with Crippen molar-refractivity contribution in [1.82, 2.24) is 14.9 Å². The smallest absolute Gasteiger partial charge is 0.321 e. The molecule has 3 N–H and O–H groups in total. The number of halogens is 3. The molecule has 5 nitrogen and oxygen atoms in total. The summed E-state index contributed by atoms with van der Waals surface area (Å²) in [6.07, 6.45) is 2.28. The summed E-state index contributed by atoms with van der Waals surface area (Å²) in [5.41, 5.74) is 6.19. The molecule has 0 amide bonds. The van der Waals surface area contributed by atoms with Crippen LogP contribution in [-0.4, -0.2) is 26.7 Å². The van der Waals surface area contributed by atoms with Gasteiger partial charge in [-0.05, 0) is 47.9 Å². The molecule has 0 saturated carbocycles. The van der Waals surface area contributed by atoms with Gasteiger partial charge in [-0.25, -0.2) is 0 Å². The summed E-state index contributed by atoms with van der Waals surface area (Å²) in [6.45, 7) is 3.10. The van der Waals surface area contributed by atoms with E-state index in [9.17, 15) is 9.90 Å². The first-order valence-electron chi connectivity index (χ1n) is 11.4. The van der Waals surface area contributed by atoms with Gasteiger partial charge in [-0.15, -0.1) is 12.4 Å². The number of nitrogens with one attached hydrogen (secondary N) is 2. The van der Waals surface area contributed by atoms with Crippen LogP contribution in [0.15, 0.2) is 72.9 Å². The Morgan fingerprint density at radius 1 is 1.03 bits per heavy atom. The molecule has 0 aliphatic carbocycles. The Balaban J connectivity index is 0.00000304. The van der Waals surface area contributed by atoms with Crippen LogP contribution in [0.4, 0.5) is 0 Å². The second-order valence-electron chi connectivity index (χ2n) is 8.74. The maximum Gasteiger partial charge on any atom is 0.321 e. The van der Waals surface area contributed by atoms with Crippen LogP contribution in [0.25, 0.3) is 21.8 Å². The summed E-state index contributed by atoms with van der Waals surface area (Å²) in [7, 11) is 0.